The number of carboxylic acids is 1. The van der Waals surface area contributed by atoms with Gasteiger partial charge in [0.1, 0.15) is 0 Å². The molecule has 0 atom stereocenters. The first kappa shape index (κ1) is 18.5. The van der Waals surface area contributed by atoms with Crippen LogP contribution in [0.25, 0.3) is 12.2 Å². The lowest BCUT2D eigenvalue weighted by Crippen LogP contribution is -2.31. The molecule has 130 valence electrons. The number of anilines is 1. The summed E-state index contributed by atoms with van der Waals surface area (Å²) in [7, 11) is 0. The van der Waals surface area contributed by atoms with Gasteiger partial charge in [-0.15, -0.1) is 0 Å². The van der Waals surface area contributed by atoms with E-state index in [4.69, 9.17) is 9.90 Å². The van der Waals surface area contributed by atoms with Gasteiger partial charge < -0.3 is 10.0 Å². The summed E-state index contributed by atoms with van der Waals surface area (Å²) in [5.41, 5.74) is 4.46. The van der Waals surface area contributed by atoms with E-state index in [0.717, 1.165) is 24.6 Å². The number of hydrogen-bond donors (Lipinski definition) is 1. The number of para-hydroxylation sites is 1. The molecule has 0 fully saturated rings. The van der Waals surface area contributed by atoms with Crippen LogP contribution in [0.4, 0.5) is 5.69 Å². The molecular weight excluding hydrogens is 314 g/mol. The maximum atomic E-state index is 12.5. The maximum absolute atomic E-state index is 12.5. The molecule has 1 N–H and O–H groups in total. The van der Waals surface area contributed by atoms with Crippen molar-refractivity contribution in [1.82, 2.24) is 0 Å². The minimum Gasteiger partial charge on any atom is -0.481 e. The fraction of sp³-hybridized carbons (Fsp3) is 0.238. The largest absolute Gasteiger partial charge is 0.481 e. The monoisotopic (exact) mass is 337 g/mol. The lowest BCUT2D eigenvalue weighted by molar-refractivity contribution is -0.134. The standard InChI is InChI=1S/C19H19NO.C2H4O2/c1-2-7-19(21)20-14-17-10-4-3-8-15(17)12-13-16-9-5-6-11-18(16)20;1-2(3)4/h3-6,8-13H,2,7,14H2,1H3;1H3,(H,3,4)/b13-12-;. The Morgan fingerprint density at radius 3 is 2.24 bits per heavy atom. The molecule has 1 amide bonds. The molecular formula is C21H23NO3. The Hall–Kier alpha value is -2.88. The van der Waals surface area contributed by atoms with Gasteiger partial charge in [-0.1, -0.05) is 61.5 Å². The molecule has 0 spiro atoms. The van der Waals surface area contributed by atoms with E-state index in [0.29, 0.717) is 13.0 Å². The zero-order chi connectivity index (χ0) is 18.2. The summed E-state index contributed by atoms with van der Waals surface area (Å²) < 4.78 is 0. The van der Waals surface area contributed by atoms with Gasteiger partial charge >= 0.3 is 0 Å². The van der Waals surface area contributed by atoms with Crippen molar-refractivity contribution in [2.24, 2.45) is 0 Å². The Kier molecular flexibility index (Phi) is 6.52. The van der Waals surface area contributed by atoms with Gasteiger partial charge in [0.25, 0.3) is 5.97 Å². The van der Waals surface area contributed by atoms with Gasteiger partial charge in [0, 0.05) is 13.3 Å². The smallest absolute Gasteiger partial charge is 0.300 e. The molecule has 0 unspecified atom stereocenters. The van der Waals surface area contributed by atoms with Gasteiger partial charge in [-0.3, -0.25) is 9.59 Å². The highest BCUT2D eigenvalue weighted by Gasteiger charge is 2.19. The number of carbonyl (C=O) groups excluding carboxylic acids is 1. The number of hydrogen-bond acceptors (Lipinski definition) is 2. The third-order valence-corrected chi connectivity index (χ3v) is 3.82. The van der Waals surface area contributed by atoms with Crippen LogP contribution in [0.2, 0.25) is 0 Å². The van der Waals surface area contributed by atoms with Crippen LogP contribution in [0, 0.1) is 0 Å². The van der Waals surface area contributed by atoms with Crippen molar-refractivity contribution in [3.63, 3.8) is 0 Å². The van der Waals surface area contributed by atoms with Gasteiger partial charge in [0.15, 0.2) is 0 Å². The van der Waals surface area contributed by atoms with Gasteiger partial charge in [-0.2, -0.15) is 0 Å². The van der Waals surface area contributed by atoms with E-state index in [2.05, 4.69) is 30.4 Å². The number of amides is 1. The predicted molar refractivity (Wildman–Crippen MR) is 101 cm³/mol. The van der Waals surface area contributed by atoms with Crippen molar-refractivity contribution in [3.8, 4) is 0 Å². The number of nitrogens with zero attached hydrogens (tertiary/aromatic N) is 1. The number of rotatable bonds is 2. The average molecular weight is 337 g/mol. The van der Waals surface area contributed by atoms with Crippen molar-refractivity contribution in [2.75, 3.05) is 4.90 Å². The van der Waals surface area contributed by atoms with E-state index in [9.17, 15) is 4.79 Å². The topological polar surface area (TPSA) is 57.6 Å². The lowest BCUT2D eigenvalue weighted by Gasteiger charge is -2.27. The average Bonchev–Trinajstić information content (AvgIpc) is 2.56. The minimum atomic E-state index is -0.833. The summed E-state index contributed by atoms with van der Waals surface area (Å²) in [6, 6.07) is 16.4. The Labute approximate surface area is 148 Å². The third-order valence-electron chi connectivity index (χ3n) is 3.82. The molecule has 1 aliphatic rings. The molecule has 0 aromatic heterocycles. The summed E-state index contributed by atoms with van der Waals surface area (Å²) in [6.07, 6.45) is 5.69. The van der Waals surface area contributed by atoms with Gasteiger partial charge in [-0.25, -0.2) is 0 Å². The number of aliphatic carboxylic acids is 1. The van der Waals surface area contributed by atoms with E-state index in [-0.39, 0.29) is 5.91 Å². The van der Waals surface area contributed by atoms with Crippen LogP contribution in [0.1, 0.15) is 43.4 Å². The van der Waals surface area contributed by atoms with Crippen molar-refractivity contribution in [3.05, 3.63) is 65.2 Å². The molecule has 0 saturated heterocycles. The molecule has 2 aromatic rings. The molecule has 0 aliphatic carbocycles. The number of fused-ring (bicyclic) bond motifs is 2. The van der Waals surface area contributed by atoms with E-state index >= 15 is 0 Å². The normalized spacial score (nSPS) is 13.3. The minimum absolute atomic E-state index is 0.190. The molecule has 0 radical (unpaired) electrons. The van der Waals surface area contributed by atoms with E-state index in [1.807, 2.05) is 42.2 Å². The highest BCUT2D eigenvalue weighted by atomic mass is 16.4. The summed E-state index contributed by atoms with van der Waals surface area (Å²) in [5.74, 6) is -0.643. The summed E-state index contributed by atoms with van der Waals surface area (Å²) >= 11 is 0. The number of carbonyl (C=O) groups is 2. The van der Waals surface area contributed by atoms with Gasteiger partial charge in [0.2, 0.25) is 5.91 Å². The summed E-state index contributed by atoms with van der Waals surface area (Å²) in [5, 5.41) is 7.42. The molecule has 25 heavy (non-hydrogen) atoms. The highest BCUT2D eigenvalue weighted by molar-refractivity contribution is 5.97. The van der Waals surface area contributed by atoms with Crippen LogP contribution in [0.15, 0.2) is 48.5 Å². The molecule has 0 bridgehead atoms. The zero-order valence-electron chi connectivity index (χ0n) is 14.6. The van der Waals surface area contributed by atoms with Crippen molar-refractivity contribution in [1.29, 1.82) is 0 Å². The highest BCUT2D eigenvalue weighted by Crippen LogP contribution is 2.29. The third kappa shape index (κ3) is 5.05. The molecule has 4 heteroatoms. The van der Waals surface area contributed by atoms with Gasteiger partial charge in [0.05, 0.1) is 12.2 Å². The Bertz CT molecular complexity index is 776. The zero-order valence-corrected chi connectivity index (χ0v) is 14.6. The van der Waals surface area contributed by atoms with Crippen LogP contribution in [0.5, 0.6) is 0 Å². The second-order valence-corrected chi connectivity index (χ2v) is 5.84. The van der Waals surface area contributed by atoms with Crippen LogP contribution in [0.3, 0.4) is 0 Å². The Morgan fingerprint density at radius 1 is 1.00 bits per heavy atom. The Balaban J connectivity index is 0.000000511. The maximum Gasteiger partial charge on any atom is 0.300 e. The van der Waals surface area contributed by atoms with Crippen molar-refractivity contribution >= 4 is 29.7 Å². The fourth-order valence-corrected chi connectivity index (χ4v) is 2.72. The molecule has 2 aromatic carbocycles. The number of carboxylic acid groups (broad SMARTS) is 1. The number of benzene rings is 2. The van der Waals surface area contributed by atoms with Crippen molar-refractivity contribution < 1.29 is 14.7 Å². The van der Waals surface area contributed by atoms with Crippen LogP contribution in [-0.4, -0.2) is 17.0 Å². The molecule has 1 aliphatic heterocycles. The van der Waals surface area contributed by atoms with Crippen molar-refractivity contribution in [2.45, 2.75) is 33.2 Å². The summed E-state index contributed by atoms with van der Waals surface area (Å²) in [6.45, 7) is 3.76. The van der Waals surface area contributed by atoms with E-state index in [1.54, 1.807) is 0 Å². The first-order chi connectivity index (χ1) is 12.0. The fourth-order valence-electron chi connectivity index (χ4n) is 2.72. The second-order valence-electron chi connectivity index (χ2n) is 5.84. The van der Waals surface area contributed by atoms with Gasteiger partial charge in [-0.05, 0) is 29.2 Å². The quantitative estimate of drug-likeness (QED) is 0.871. The summed E-state index contributed by atoms with van der Waals surface area (Å²) in [4.78, 5) is 23.5. The first-order valence-corrected chi connectivity index (χ1v) is 8.37. The molecule has 4 nitrogen and oxygen atoms in total. The van der Waals surface area contributed by atoms with E-state index < -0.39 is 5.97 Å². The van der Waals surface area contributed by atoms with Crippen LogP contribution in [-0.2, 0) is 16.1 Å². The molecule has 1 heterocycles. The second kappa shape index (κ2) is 8.83. The first-order valence-electron chi connectivity index (χ1n) is 8.37. The Morgan fingerprint density at radius 2 is 1.56 bits per heavy atom. The SMILES string of the molecule is CC(=O)O.CCCC(=O)N1Cc2ccccc2/C=C\c2ccccc21. The molecule has 3 rings (SSSR count). The van der Waals surface area contributed by atoms with Crippen LogP contribution < -0.4 is 4.90 Å². The predicted octanol–water partition coefficient (Wildman–Crippen LogP) is 4.59. The van der Waals surface area contributed by atoms with E-state index in [1.165, 1.54) is 11.1 Å². The molecule has 0 saturated carbocycles. The van der Waals surface area contributed by atoms with Crippen LogP contribution >= 0.6 is 0 Å². The lowest BCUT2D eigenvalue weighted by atomic mass is 10.0.